The van der Waals surface area contributed by atoms with Gasteiger partial charge in [-0.25, -0.2) is 8.42 Å². The van der Waals surface area contributed by atoms with Crippen molar-refractivity contribution in [3.05, 3.63) is 46.9 Å². The predicted octanol–water partition coefficient (Wildman–Crippen LogP) is 3.51. The Hall–Kier alpha value is -2.10. The Kier molecular flexibility index (Phi) is 6.81. The Morgan fingerprint density at radius 1 is 1.14 bits per heavy atom. The quantitative estimate of drug-likeness (QED) is 0.680. The van der Waals surface area contributed by atoms with E-state index in [0.29, 0.717) is 30.8 Å². The number of hydrogen-bond donors (Lipinski definition) is 1. The van der Waals surface area contributed by atoms with E-state index in [0.717, 1.165) is 4.47 Å². The van der Waals surface area contributed by atoms with Crippen LogP contribution in [0.1, 0.15) is 12.8 Å². The lowest BCUT2D eigenvalue weighted by Crippen LogP contribution is -2.43. The molecule has 0 radical (unpaired) electrons. The third kappa shape index (κ3) is 4.91. The van der Waals surface area contributed by atoms with Gasteiger partial charge in [-0.3, -0.25) is 4.79 Å². The summed E-state index contributed by atoms with van der Waals surface area (Å²) in [5.41, 5.74) is 0.674. The molecule has 9 heteroatoms. The summed E-state index contributed by atoms with van der Waals surface area (Å²) in [4.78, 5) is 12.7. The lowest BCUT2D eigenvalue weighted by molar-refractivity contribution is -0.120. The van der Waals surface area contributed by atoms with Crippen LogP contribution in [0.4, 0.5) is 5.69 Å². The third-order valence-electron chi connectivity index (χ3n) is 4.86. The van der Waals surface area contributed by atoms with Crippen LogP contribution in [0, 0.1) is 5.92 Å². The van der Waals surface area contributed by atoms with Crippen molar-refractivity contribution in [3.8, 4) is 11.5 Å². The molecule has 156 valence electrons. The highest BCUT2D eigenvalue weighted by Gasteiger charge is 2.35. The fourth-order valence-corrected chi connectivity index (χ4v) is 5.24. The average Bonchev–Trinajstić information content (AvgIpc) is 2.74. The summed E-state index contributed by atoms with van der Waals surface area (Å²) < 4.78 is 39.2. The van der Waals surface area contributed by atoms with Crippen molar-refractivity contribution in [1.82, 2.24) is 4.31 Å². The summed E-state index contributed by atoms with van der Waals surface area (Å²) >= 11 is 3.36. The van der Waals surface area contributed by atoms with Crippen LogP contribution in [0.3, 0.4) is 0 Å². The zero-order valence-corrected chi connectivity index (χ0v) is 18.6. The van der Waals surface area contributed by atoms with Gasteiger partial charge in [0.15, 0.2) is 0 Å². The van der Waals surface area contributed by atoms with Crippen molar-refractivity contribution in [2.45, 2.75) is 17.7 Å². The normalized spacial score (nSPS) is 17.6. The fourth-order valence-electron chi connectivity index (χ4n) is 3.28. The van der Waals surface area contributed by atoms with Gasteiger partial charge in [0, 0.05) is 29.3 Å². The minimum atomic E-state index is -3.84. The number of benzene rings is 2. The van der Waals surface area contributed by atoms with Gasteiger partial charge < -0.3 is 14.8 Å². The van der Waals surface area contributed by atoms with Crippen molar-refractivity contribution in [3.63, 3.8) is 0 Å². The van der Waals surface area contributed by atoms with Gasteiger partial charge in [0.1, 0.15) is 16.4 Å². The predicted molar refractivity (Wildman–Crippen MR) is 114 cm³/mol. The first-order valence-corrected chi connectivity index (χ1v) is 11.4. The van der Waals surface area contributed by atoms with Crippen molar-refractivity contribution < 1.29 is 22.7 Å². The summed E-state index contributed by atoms with van der Waals surface area (Å²) in [6, 6.07) is 11.9. The van der Waals surface area contributed by atoms with Crippen LogP contribution < -0.4 is 14.8 Å². The molecule has 1 fully saturated rings. The lowest BCUT2D eigenvalue weighted by atomic mass is 9.99. The van der Waals surface area contributed by atoms with E-state index in [-0.39, 0.29) is 23.1 Å². The van der Waals surface area contributed by atoms with E-state index >= 15 is 0 Å². The average molecular weight is 483 g/mol. The highest BCUT2D eigenvalue weighted by Crippen LogP contribution is 2.33. The summed E-state index contributed by atoms with van der Waals surface area (Å²) in [6.07, 6.45) is 1.23. The Morgan fingerprint density at radius 3 is 2.52 bits per heavy atom. The molecule has 1 amide bonds. The molecule has 2 aromatic rings. The summed E-state index contributed by atoms with van der Waals surface area (Å²) in [5.74, 6) is 0.0433. The molecule has 1 heterocycles. The first kappa shape index (κ1) is 21.6. The van der Waals surface area contributed by atoms with E-state index in [1.165, 1.54) is 24.6 Å². The number of nitrogens with zero attached hydrogens (tertiary/aromatic N) is 1. The number of rotatable bonds is 6. The van der Waals surface area contributed by atoms with Gasteiger partial charge in [-0.2, -0.15) is 4.31 Å². The molecule has 3 rings (SSSR count). The molecule has 0 aliphatic carbocycles. The first-order valence-electron chi connectivity index (χ1n) is 9.13. The monoisotopic (exact) mass is 482 g/mol. The summed E-state index contributed by atoms with van der Waals surface area (Å²) in [6.45, 7) is 0.468. The number of methoxy groups -OCH3 is 2. The number of sulfonamides is 1. The number of nitrogens with one attached hydrogen (secondary N) is 1. The van der Waals surface area contributed by atoms with E-state index < -0.39 is 15.9 Å². The molecule has 2 aromatic carbocycles. The zero-order chi connectivity index (χ0) is 21.0. The van der Waals surface area contributed by atoms with Crippen LogP contribution in [0.15, 0.2) is 51.8 Å². The maximum absolute atomic E-state index is 13.3. The SMILES string of the molecule is COc1ccc(OC)c(S(=O)(=O)N2CCC[C@@H](C(=O)Nc3ccc(Br)cc3)C2)c1. The molecule has 7 nitrogen and oxygen atoms in total. The molecule has 0 bridgehead atoms. The highest BCUT2D eigenvalue weighted by molar-refractivity contribution is 9.10. The van der Waals surface area contributed by atoms with Crippen LogP contribution in [0.5, 0.6) is 11.5 Å². The Morgan fingerprint density at radius 2 is 1.86 bits per heavy atom. The van der Waals surface area contributed by atoms with E-state index in [2.05, 4.69) is 21.2 Å². The first-order chi connectivity index (χ1) is 13.8. The van der Waals surface area contributed by atoms with Crippen molar-refractivity contribution >= 4 is 37.5 Å². The molecular formula is C20H23BrN2O5S. The van der Waals surface area contributed by atoms with Crippen LogP contribution in [0.2, 0.25) is 0 Å². The molecule has 1 aliphatic heterocycles. The molecule has 1 atom stereocenters. The van der Waals surface area contributed by atoms with E-state index in [4.69, 9.17) is 9.47 Å². The molecule has 0 unspecified atom stereocenters. The van der Waals surface area contributed by atoms with Crippen molar-refractivity contribution in [2.75, 3.05) is 32.6 Å². The number of halogens is 1. The van der Waals surface area contributed by atoms with Gasteiger partial charge in [-0.05, 0) is 49.2 Å². The van der Waals surface area contributed by atoms with Gasteiger partial charge in [0.2, 0.25) is 15.9 Å². The number of piperidine rings is 1. The minimum absolute atomic E-state index is 0.0355. The molecule has 1 aliphatic rings. The number of anilines is 1. The molecule has 1 N–H and O–H groups in total. The van der Waals surface area contributed by atoms with Gasteiger partial charge in [0.25, 0.3) is 0 Å². The largest absolute Gasteiger partial charge is 0.497 e. The molecule has 1 saturated heterocycles. The standard InChI is InChI=1S/C20H23BrN2O5S/c1-27-17-9-10-18(28-2)19(12-17)29(25,26)23-11-3-4-14(13-23)20(24)22-16-7-5-15(21)6-8-16/h5-10,12,14H,3-4,11,13H2,1-2H3,(H,22,24)/t14-/m1/s1. The second-order valence-electron chi connectivity index (χ2n) is 6.72. The van der Waals surface area contributed by atoms with Gasteiger partial charge >= 0.3 is 0 Å². The molecule has 0 saturated carbocycles. The number of carbonyl (C=O) groups excluding carboxylic acids is 1. The number of ether oxygens (including phenoxy) is 2. The molecule has 29 heavy (non-hydrogen) atoms. The van der Waals surface area contributed by atoms with Gasteiger partial charge in [-0.1, -0.05) is 15.9 Å². The Balaban J connectivity index is 1.79. The highest BCUT2D eigenvalue weighted by atomic mass is 79.9. The van der Waals surface area contributed by atoms with E-state index in [1.54, 1.807) is 24.3 Å². The number of carbonyl (C=O) groups is 1. The summed E-state index contributed by atoms with van der Waals surface area (Å²) in [5, 5.41) is 2.87. The van der Waals surface area contributed by atoms with Crippen molar-refractivity contribution in [2.24, 2.45) is 5.92 Å². The Labute approximate surface area is 179 Å². The van der Waals surface area contributed by atoms with Gasteiger partial charge in [-0.15, -0.1) is 0 Å². The van der Waals surface area contributed by atoms with Crippen LogP contribution in [-0.4, -0.2) is 45.9 Å². The number of hydrogen-bond acceptors (Lipinski definition) is 5. The second-order valence-corrected chi connectivity index (χ2v) is 9.54. The topological polar surface area (TPSA) is 84.9 Å². The Bertz CT molecular complexity index is 979. The van der Waals surface area contributed by atoms with Crippen molar-refractivity contribution in [1.29, 1.82) is 0 Å². The van der Waals surface area contributed by atoms with E-state index in [1.807, 2.05) is 12.1 Å². The second kappa shape index (κ2) is 9.15. The minimum Gasteiger partial charge on any atom is -0.497 e. The lowest BCUT2D eigenvalue weighted by Gasteiger charge is -2.31. The van der Waals surface area contributed by atoms with Crippen LogP contribution in [0.25, 0.3) is 0 Å². The van der Waals surface area contributed by atoms with Crippen LogP contribution in [-0.2, 0) is 14.8 Å². The zero-order valence-electron chi connectivity index (χ0n) is 16.2. The fraction of sp³-hybridized carbons (Fsp3) is 0.350. The number of amides is 1. The summed E-state index contributed by atoms with van der Waals surface area (Å²) in [7, 11) is -0.944. The van der Waals surface area contributed by atoms with Crippen LogP contribution >= 0.6 is 15.9 Å². The van der Waals surface area contributed by atoms with Gasteiger partial charge in [0.05, 0.1) is 20.1 Å². The smallest absolute Gasteiger partial charge is 0.246 e. The maximum Gasteiger partial charge on any atom is 0.246 e. The third-order valence-corrected chi connectivity index (χ3v) is 7.27. The molecular weight excluding hydrogens is 460 g/mol. The van der Waals surface area contributed by atoms with E-state index in [9.17, 15) is 13.2 Å². The molecule has 0 aromatic heterocycles. The maximum atomic E-state index is 13.3. The molecule has 0 spiro atoms.